The first-order chi connectivity index (χ1) is 16.6. The third kappa shape index (κ3) is 9.34. The van der Waals surface area contributed by atoms with Gasteiger partial charge in [0.05, 0.1) is 29.4 Å². The number of carbonyl (C=O) groups excluding carboxylic acids is 2. The molecule has 0 bridgehead atoms. The third-order valence-electron chi connectivity index (χ3n) is 7.67. The monoisotopic (exact) mass is 525 g/mol. The molecule has 206 valence electrons. The van der Waals surface area contributed by atoms with E-state index in [0.717, 1.165) is 25.7 Å². The Morgan fingerprint density at radius 2 is 1.72 bits per heavy atom. The fraction of sp³-hybridized carbons (Fsp3) is 0.750. The van der Waals surface area contributed by atoms with E-state index in [9.17, 15) is 24.6 Å². The van der Waals surface area contributed by atoms with Gasteiger partial charge < -0.3 is 20.2 Å². The van der Waals surface area contributed by atoms with Gasteiger partial charge in [0, 0.05) is 31.0 Å². The number of hydrogen-bond donors (Lipinski definition) is 3. The van der Waals surface area contributed by atoms with Gasteiger partial charge in [0.1, 0.15) is 11.6 Å². The first-order valence-electron chi connectivity index (χ1n) is 13.0. The van der Waals surface area contributed by atoms with E-state index < -0.39 is 47.6 Å². The summed E-state index contributed by atoms with van der Waals surface area (Å²) in [5, 5.41) is 32.5. The normalized spacial score (nSPS) is 20.9. The first-order valence-corrected chi connectivity index (χ1v) is 13.9. The second-order valence-electron chi connectivity index (χ2n) is 11.1. The predicted octanol–water partition coefficient (Wildman–Crippen LogP) is 5.02. The SMILES string of the molecule is C/C(=C\C1=CSC(C)N1C)CCC[C@@H](C)CCC(=O)C(C)[C@H](O)[C@@H](C)C(=O)C(C)(C)[C@@H](O)CC(=O)O. The smallest absolute Gasteiger partial charge is 0.306 e. The van der Waals surface area contributed by atoms with Gasteiger partial charge in [-0.2, -0.15) is 0 Å². The van der Waals surface area contributed by atoms with E-state index in [2.05, 4.69) is 44.2 Å². The van der Waals surface area contributed by atoms with Crippen molar-refractivity contribution in [1.29, 1.82) is 0 Å². The summed E-state index contributed by atoms with van der Waals surface area (Å²) < 4.78 is 0. The van der Waals surface area contributed by atoms with E-state index in [4.69, 9.17) is 5.11 Å². The number of carboxylic acids is 1. The van der Waals surface area contributed by atoms with Gasteiger partial charge in [-0.3, -0.25) is 14.4 Å². The highest BCUT2D eigenvalue weighted by atomic mass is 32.2. The van der Waals surface area contributed by atoms with Crippen LogP contribution >= 0.6 is 11.8 Å². The molecule has 6 atom stereocenters. The maximum atomic E-state index is 12.9. The number of aliphatic hydroxyl groups excluding tert-OH is 2. The van der Waals surface area contributed by atoms with Crippen LogP contribution in [0, 0.1) is 23.2 Å². The van der Waals surface area contributed by atoms with E-state index in [1.807, 2.05) is 11.8 Å². The van der Waals surface area contributed by atoms with Crippen molar-refractivity contribution < 1.29 is 29.7 Å². The van der Waals surface area contributed by atoms with E-state index >= 15 is 0 Å². The van der Waals surface area contributed by atoms with Gasteiger partial charge in [0.2, 0.25) is 0 Å². The number of ketones is 2. The summed E-state index contributed by atoms with van der Waals surface area (Å²) >= 11 is 1.82. The van der Waals surface area contributed by atoms with E-state index in [1.165, 1.54) is 32.0 Å². The average Bonchev–Trinajstić information content (AvgIpc) is 3.11. The molecule has 2 unspecified atom stereocenters. The van der Waals surface area contributed by atoms with Gasteiger partial charge in [-0.1, -0.05) is 46.6 Å². The Kier molecular flexibility index (Phi) is 12.9. The summed E-state index contributed by atoms with van der Waals surface area (Å²) in [5.41, 5.74) is 1.25. The molecular weight excluding hydrogens is 478 g/mol. The summed E-state index contributed by atoms with van der Waals surface area (Å²) in [5.74, 6) is -2.98. The lowest BCUT2D eigenvalue weighted by Gasteiger charge is -2.33. The van der Waals surface area contributed by atoms with E-state index in [-0.39, 0.29) is 5.78 Å². The largest absolute Gasteiger partial charge is 0.481 e. The number of aliphatic hydroxyl groups is 2. The highest BCUT2D eigenvalue weighted by Crippen LogP contribution is 2.32. The van der Waals surface area contributed by atoms with Crippen LogP contribution in [0.5, 0.6) is 0 Å². The van der Waals surface area contributed by atoms with Gasteiger partial charge in [-0.25, -0.2) is 0 Å². The molecule has 1 heterocycles. The lowest BCUT2D eigenvalue weighted by atomic mass is 9.73. The maximum absolute atomic E-state index is 12.9. The fourth-order valence-corrected chi connectivity index (χ4v) is 5.33. The zero-order chi connectivity index (χ0) is 27.8. The van der Waals surface area contributed by atoms with Crippen LogP contribution in [-0.4, -0.2) is 62.4 Å². The Balaban J connectivity index is 2.50. The minimum atomic E-state index is -1.37. The number of hydrogen-bond acceptors (Lipinski definition) is 7. The molecule has 3 N–H and O–H groups in total. The highest BCUT2D eigenvalue weighted by Gasteiger charge is 2.42. The molecule has 0 saturated carbocycles. The molecule has 0 radical (unpaired) electrons. The zero-order valence-corrected chi connectivity index (χ0v) is 24.1. The Bertz CT molecular complexity index is 836. The molecule has 1 rings (SSSR count). The standard InChI is InChI=1S/C28H47NO6S/c1-17(10-9-11-18(2)14-22-16-36-21(5)29(22)8)12-13-23(30)19(3)26(34)20(4)27(35)28(6,7)24(31)15-25(32)33/h14,16-17,19-21,24,26,31,34H,9-13,15H2,1-8H3,(H,32,33)/b18-14+/t17-,19?,20-,21?,24+,26+/m1/s1. The molecule has 0 fully saturated rings. The summed E-state index contributed by atoms with van der Waals surface area (Å²) in [6.45, 7) is 12.6. The number of aliphatic carboxylic acids is 1. The number of allylic oxidation sites excluding steroid dienone is 2. The summed E-state index contributed by atoms with van der Waals surface area (Å²) in [6, 6.07) is 0. The number of rotatable bonds is 16. The summed E-state index contributed by atoms with van der Waals surface area (Å²) in [7, 11) is 2.11. The van der Waals surface area contributed by atoms with Gasteiger partial charge in [0.15, 0.2) is 0 Å². The zero-order valence-electron chi connectivity index (χ0n) is 23.3. The molecule has 7 nitrogen and oxygen atoms in total. The molecule has 0 aromatic rings. The Hall–Kier alpha value is -1.64. The topological polar surface area (TPSA) is 115 Å². The summed E-state index contributed by atoms with van der Waals surface area (Å²) in [6.07, 6.45) is 3.28. The second kappa shape index (κ2) is 14.3. The third-order valence-corrected chi connectivity index (χ3v) is 8.75. The van der Waals surface area contributed by atoms with Gasteiger partial charge in [0.25, 0.3) is 0 Å². The van der Waals surface area contributed by atoms with Crippen molar-refractivity contribution in [3.63, 3.8) is 0 Å². The summed E-state index contributed by atoms with van der Waals surface area (Å²) in [4.78, 5) is 38.9. The molecule has 0 aromatic heterocycles. The minimum Gasteiger partial charge on any atom is -0.481 e. The van der Waals surface area contributed by atoms with Gasteiger partial charge in [-0.15, -0.1) is 11.8 Å². The molecule has 36 heavy (non-hydrogen) atoms. The molecule has 8 heteroatoms. The molecular formula is C28H47NO6S. The van der Waals surface area contributed by atoms with Crippen molar-refractivity contribution in [3.05, 3.63) is 22.8 Å². The van der Waals surface area contributed by atoms with Gasteiger partial charge >= 0.3 is 5.97 Å². The number of likely N-dealkylation sites (N-methyl/N-ethyl adjacent to an activating group) is 1. The fourth-order valence-electron chi connectivity index (χ4n) is 4.45. The Labute approximate surface area is 221 Å². The van der Waals surface area contributed by atoms with E-state index in [1.54, 1.807) is 6.92 Å². The van der Waals surface area contributed by atoms with Crippen molar-refractivity contribution in [2.75, 3.05) is 7.05 Å². The van der Waals surface area contributed by atoms with Crippen LogP contribution < -0.4 is 0 Å². The van der Waals surface area contributed by atoms with Crippen LogP contribution in [0.2, 0.25) is 0 Å². The number of carboxylic acid groups (broad SMARTS) is 1. The van der Waals surface area contributed by atoms with Crippen LogP contribution in [0.25, 0.3) is 0 Å². The van der Waals surface area contributed by atoms with Crippen molar-refractivity contribution in [2.24, 2.45) is 23.2 Å². The van der Waals surface area contributed by atoms with Gasteiger partial charge in [-0.05, 0) is 50.5 Å². The number of thioether (sulfide) groups is 1. The lowest BCUT2D eigenvalue weighted by molar-refractivity contribution is -0.147. The predicted molar refractivity (Wildman–Crippen MR) is 145 cm³/mol. The molecule has 0 spiro atoms. The van der Waals surface area contributed by atoms with Crippen molar-refractivity contribution in [1.82, 2.24) is 4.90 Å². The van der Waals surface area contributed by atoms with Crippen molar-refractivity contribution in [2.45, 2.75) is 105 Å². The number of nitrogens with zero attached hydrogens (tertiary/aromatic N) is 1. The Morgan fingerprint density at radius 3 is 2.25 bits per heavy atom. The molecule has 1 aliphatic heterocycles. The number of carbonyl (C=O) groups is 3. The average molecular weight is 526 g/mol. The lowest BCUT2D eigenvalue weighted by Crippen LogP contribution is -2.46. The van der Waals surface area contributed by atoms with Crippen molar-refractivity contribution >= 4 is 29.3 Å². The molecule has 0 amide bonds. The minimum absolute atomic E-state index is 0.0863. The quantitative estimate of drug-likeness (QED) is 0.257. The highest BCUT2D eigenvalue weighted by molar-refractivity contribution is 8.02. The Morgan fingerprint density at radius 1 is 1.11 bits per heavy atom. The van der Waals surface area contributed by atoms with Crippen LogP contribution in [-0.2, 0) is 14.4 Å². The van der Waals surface area contributed by atoms with Crippen LogP contribution in [0.1, 0.15) is 87.0 Å². The molecule has 0 aliphatic carbocycles. The second-order valence-corrected chi connectivity index (χ2v) is 12.3. The van der Waals surface area contributed by atoms with E-state index in [0.29, 0.717) is 17.7 Å². The maximum Gasteiger partial charge on any atom is 0.306 e. The van der Waals surface area contributed by atoms with Crippen LogP contribution in [0.3, 0.4) is 0 Å². The molecule has 0 aromatic carbocycles. The van der Waals surface area contributed by atoms with Crippen LogP contribution in [0.4, 0.5) is 0 Å². The number of Topliss-reactive ketones (excluding diaryl/α,β-unsaturated/α-hetero) is 2. The first kappa shape index (κ1) is 32.4. The molecule has 1 aliphatic rings. The van der Waals surface area contributed by atoms with Crippen molar-refractivity contribution in [3.8, 4) is 0 Å². The molecule has 0 saturated heterocycles. The van der Waals surface area contributed by atoms with Crippen LogP contribution in [0.15, 0.2) is 22.8 Å².